The molecule has 2 saturated heterocycles. The summed E-state index contributed by atoms with van der Waals surface area (Å²) in [7, 11) is 0. The molecule has 2 atom stereocenters. The van der Waals surface area contributed by atoms with Crippen LogP contribution in [0.1, 0.15) is 38.6 Å². The molecule has 2 amide bonds. The number of rotatable bonds is 10. The number of pyridine rings is 1. The Kier molecular flexibility index (Phi) is 8.53. The van der Waals surface area contributed by atoms with Crippen LogP contribution in [0.2, 0.25) is 0 Å². The molecule has 3 aliphatic heterocycles. The molecule has 3 aliphatic rings. The minimum absolute atomic E-state index is 0.0228. The molecular formula is C28H33N10O7S2+. The van der Waals surface area contributed by atoms with Gasteiger partial charge in [-0.25, -0.2) is 9.59 Å². The van der Waals surface area contributed by atoms with Crippen LogP contribution in [-0.2, 0) is 30.6 Å². The number of piperidine rings is 1. The van der Waals surface area contributed by atoms with Crippen molar-refractivity contribution in [2.75, 3.05) is 30.3 Å². The number of nitrogens with two attached hydrogens (primary N) is 2. The summed E-state index contributed by atoms with van der Waals surface area (Å²) in [6, 6.07) is 4.93. The highest BCUT2D eigenvalue weighted by molar-refractivity contribution is 8.00. The average Bonchev–Trinajstić information content (AvgIpc) is 3.62. The number of carboxylic acid groups (broad SMARTS) is 2. The predicted molar refractivity (Wildman–Crippen MR) is 171 cm³/mol. The second-order valence-electron chi connectivity index (χ2n) is 11.7. The molecule has 6 rings (SSSR count). The van der Waals surface area contributed by atoms with Gasteiger partial charge in [-0.1, -0.05) is 5.16 Å². The zero-order valence-corrected chi connectivity index (χ0v) is 27.0. The van der Waals surface area contributed by atoms with Crippen molar-refractivity contribution >= 4 is 74.7 Å². The van der Waals surface area contributed by atoms with Crippen molar-refractivity contribution in [1.82, 2.24) is 29.5 Å². The molecule has 0 aromatic carbocycles. The number of amides is 2. The van der Waals surface area contributed by atoms with Gasteiger partial charge in [-0.2, -0.15) is 13.9 Å². The van der Waals surface area contributed by atoms with E-state index in [0.29, 0.717) is 11.4 Å². The third-order valence-electron chi connectivity index (χ3n) is 8.23. The lowest BCUT2D eigenvalue weighted by Gasteiger charge is -2.49. The van der Waals surface area contributed by atoms with E-state index in [2.05, 4.69) is 29.7 Å². The Hall–Kier alpha value is -4.75. The zero-order chi connectivity index (χ0) is 33.6. The Morgan fingerprint density at radius 2 is 2.00 bits per heavy atom. The monoisotopic (exact) mass is 685 g/mol. The standard InChI is InChI=1S/C28H32N10O7S2/c1-28(2,26(43)44)45-34-18(21-33-27(30)47-35-21)22(39)32-19-23(40)38-20(25(41)42)13(12-46-24(19)38)11-36-9-3-4-15-16(36)10-17(29)37(15)14-5-7-31-8-6-14/h3-4,9-10,14,19,24,29,31H,5-8,11-12H2,1-2H3,(H5,30,32,33,35,39,41,42,43,44)/p+1/b34-18-. The number of carbonyl (C=O) groups excluding carboxylic acids is 2. The highest BCUT2D eigenvalue weighted by Crippen LogP contribution is 2.40. The number of anilines is 2. The largest absolute Gasteiger partial charge is 0.478 e. The number of carboxylic acids is 2. The van der Waals surface area contributed by atoms with Crippen molar-refractivity contribution < 1.29 is 38.8 Å². The number of oxime groups is 1. The molecule has 0 spiro atoms. The zero-order valence-electron chi connectivity index (χ0n) is 25.4. The smallest absolute Gasteiger partial charge is 0.352 e. The highest BCUT2D eigenvalue weighted by Gasteiger charge is 2.55. The highest BCUT2D eigenvalue weighted by atomic mass is 32.2. The minimum Gasteiger partial charge on any atom is -0.478 e. The first-order valence-electron chi connectivity index (χ1n) is 14.7. The summed E-state index contributed by atoms with van der Waals surface area (Å²) in [5.74, 6) is -3.48. The SMILES string of the molecule is CC(C)(O/N=C(\C(=O)NC1C(=O)N2C(C(=O)O)=C(C[n+]3cccc4c3cc(N)n4C3CCNCC3)CSC12)c1nsc(N)n1)C(=O)O. The maximum atomic E-state index is 13.4. The molecule has 3 aromatic rings. The summed E-state index contributed by atoms with van der Waals surface area (Å²) in [5.41, 5.74) is 12.0. The van der Waals surface area contributed by atoms with Crippen LogP contribution < -0.4 is 26.7 Å². The summed E-state index contributed by atoms with van der Waals surface area (Å²) in [5, 5.41) is 28.6. The fourth-order valence-electron chi connectivity index (χ4n) is 5.80. The van der Waals surface area contributed by atoms with Crippen molar-refractivity contribution in [2.24, 2.45) is 5.16 Å². The summed E-state index contributed by atoms with van der Waals surface area (Å²) in [6.07, 6.45) is 3.74. The van der Waals surface area contributed by atoms with E-state index >= 15 is 0 Å². The van der Waals surface area contributed by atoms with Crippen molar-refractivity contribution in [1.29, 1.82) is 0 Å². The van der Waals surface area contributed by atoms with Crippen LogP contribution in [0.5, 0.6) is 0 Å². The first-order valence-corrected chi connectivity index (χ1v) is 16.5. The predicted octanol–water partition coefficient (Wildman–Crippen LogP) is -0.108. The Labute approximate surface area is 275 Å². The third kappa shape index (κ3) is 5.96. The van der Waals surface area contributed by atoms with Gasteiger partial charge >= 0.3 is 11.9 Å². The lowest BCUT2D eigenvalue weighted by molar-refractivity contribution is -0.663. The molecule has 2 fully saturated rings. The molecular weight excluding hydrogens is 653 g/mol. The number of nitrogens with zero attached hydrogens (tertiary/aromatic N) is 6. The number of fused-ring (bicyclic) bond motifs is 2. The lowest BCUT2D eigenvalue weighted by Crippen LogP contribution is -2.71. The van der Waals surface area contributed by atoms with Crippen LogP contribution in [-0.4, -0.2) is 94.4 Å². The number of thioether (sulfide) groups is 1. The van der Waals surface area contributed by atoms with E-state index in [-0.39, 0.29) is 35.0 Å². The fourth-order valence-corrected chi connectivity index (χ4v) is 7.57. The molecule has 248 valence electrons. The van der Waals surface area contributed by atoms with Gasteiger partial charge in [0.2, 0.25) is 22.7 Å². The Morgan fingerprint density at radius 1 is 1.26 bits per heavy atom. The molecule has 19 heteroatoms. The van der Waals surface area contributed by atoms with Crippen molar-refractivity contribution in [2.45, 2.75) is 56.3 Å². The summed E-state index contributed by atoms with van der Waals surface area (Å²) in [6.45, 7) is 4.48. The van der Waals surface area contributed by atoms with Gasteiger partial charge in [0.05, 0.1) is 6.07 Å². The Morgan fingerprint density at radius 3 is 2.66 bits per heavy atom. The molecule has 0 saturated carbocycles. The first kappa shape index (κ1) is 32.2. The normalized spacial score (nSPS) is 20.6. The third-order valence-corrected chi connectivity index (χ3v) is 10.1. The average molecular weight is 686 g/mol. The van der Waals surface area contributed by atoms with E-state index in [1.807, 2.05) is 29.0 Å². The van der Waals surface area contributed by atoms with E-state index in [9.17, 15) is 29.4 Å². The van der Waals surface area contributed by atoms with E-state index < -0.39 is 46.5 Å². The van der Waals surface area contributed by atoms with Crippen LogP contribution in [0.25, 0.3) is 11.0 Å². The summed E-state index contributed by atoms with van der Waals surface area (Å²) < 4.78 is 8.03. The number of hydrogen-bond donors (Lipinski definition) is 6. The molecule has 3 aromatic heterocycles. The number of nitrogen functional groups attached to an aromatic ring is 2. The molecule has 0 radical (unpaired) electrons. The van der Waals surface area contributed by atoms with Crippen LogP contribution in [0.3, 0.4) is 0 Å². The van der Waals surface area contributed by atoms with Crippen LogP contribution >= 0.6 is 23.3 Å². The molecule has 8 N–H and O–H groups in total. The van der Waals surface area contributed by atoms with Crippen molar-refractivity contribution in [3.63, 3.8) is 0 Å². The van der Waals surface area contributed by atoms with Gasteiger partial charge in [0, 0.05) is 35.0 Å². The van der Waals surface area contributed by atoms with E-state index in [4.69, 9.17) is 16.3 Å². The van der Waals surface area contributed by atoms with Crippen LogP contribution in [0, 0.1) is 0 Å². The second-order valence-corrected chi connectivity index (χ2v) is 13.6. The van der Waals surface area contributed by atoms with Crippen LogP contribution in [0.15, 0.2) is 40.8 Å². The van der Waals surface area contributed by atoms with Crippen molar-refractivity contribution in [3.05, 3.63) is 41.5 Å². The number of β-lactam (4-membered cyclic amide) rings is 1. The van der Waals surface area contributed by atoms with Gasteiger partial charge in [0.25, 0.3) is 11.8 Å². The van der Waals surface area contributed by atoms with Crippen molar-refractivity contribution in [3.8, 4) is 0 Å². The fraction of sp³-hybridized carbons (Fsp3) is 0.429. The molecule has 0 aliphatic carbocycles. The molecule has 0 bridgehead atoms. The maximum absolute atomic E-state index is 13.4. The molecule has 6 heterocycles. The number of aromatic nitrogens is 4. The molecule has 2 unspecified atom stereocenters. The first-order chi connectivity index (χ1) is 22.4. The second kappa shape index (κ2) is 12.5. The number of nitrogens with one attached hydrogen (secondary N) is 2. The van der Waals surface area contributed by atoms with Gasteiger partial charge in [-0.3, -0.25) is 14.5 Å². The quantitative estimate of drug-likeness (QED) is 0.0707. The van der Waals surface area contributed by atoms with E-state index in [1.54, 1.807) is 0 Å². The van der Waals surface area contributed by atoms with Gasteiger partial charge in [0.1, 0.15) is 28.4 Å². The maximum Gasteiger partial charge on any atom is 0.352 e. The van der Waals surface area contributed by atoms with Gasteiger partial charge in [-0.15, -0.1) is 11.8 Å². The summed E-state index contributed by atoms with van der Waals surface area (Å²) >= 11 is 2.09. The van der Waals surface area contributed by atoms with E-state index in [0.717, 1.165) is 48.5 Å². The van der Waals surface area contributed by atoms with Gasteiger partial charge in [0.15, 0.2) is 17.9 Å². The Balaban J connectivity index is 1.24. The van der Waals surface area contributed by atoms with Gasteiger partial charge in [-0.05, 0) is 45.8 Å². The topological polar surface area (TPSA) is 244 Å². The lowest BCUT2D eigenvalue weighted by atomic mass is 10.0. The molecule has 17 nitrogen and oxygen atoms in total. The minimum atomic E-state index is -1.79. The number of aliphatic carboxylic acids is 2. The summed E-state index contributed by atoms with van der Waals surface area (Å²) in [4.78, 5) is 61.0. The number of hydrogen-bond acceptors (Lipinski definition) is 13. The Bertz CT molecular complexity index is 1850. The number of carbonyl (C=O) groups is 4. The molecule has 47 heavy (non-hydrogen) atoms. The van der Waals surface area contributed by atoms with Crippen LogP contribution in [0.4, 0.5) is 10.9 Å². The van der Waals surface area contributed by atoms with E-state index in [1.165, 1.54) is 30.5 Å². The van der Waals surface area contributed by atoms with Gasteiger partial charge < -0.3 is 41.7 Å².